The minimum atomic E-state index is -1.72. The van der Waals surface area contributed by atoms with Gasteiger partial charge in [0, 0.05) is 10.9 Å². The van der Waals surface area contributed by atoms with Gasteiger partial charge in [-0.1, -0.05) is 0 Å². The van der Waals surface area contributed by atoms with Crippen LogP contribution in [0.5, 0.6) is 5.75 Å². The molecule has 3 aromatic rings. The van der Waals surface area contributed by atoms with Crippen molar-refractivity contribution in [2.75, 3.05) is 26.7 Å². The molecule has 1 aliphatic rings. The number of aliphatic carboxylic acids is 1. The molecular formula is C28H29F5N2O3. The van der Waals surface area contributed by atoms with Gasteiger partial charge in [0.15, 0.2) is 17.5 Å². The topological polar surface area (TPSA) is 62.7 Å². The maximum Gasteiger partial charge on any atom is 0.309 e. The standard InChI is InChI=1S/C28H29F5N2O3/c1-38-18-4-5-24-19(15-18)25(23(32)16-34-24)20(29)6-7-28(27(36)37)8-11-35(12-9-28)10-2-3-17-13-21(30)26(33)22(31)14-17/h4-5,13-16,20H,2-3,6-12H2,1H3,(H,36,37). The maximum absolute atomic E-state index is 15.4. The molecule has 0 bridgehead atoms. The van der Waals surface area contributed by atoms with Crippen molar-refractivity contribution in [3.63, 3.8) is 0 Å². The highest BCUT2D eigenvalue weighted by Crippen LogP contribution is 2.41. The number of likely N-dealkylation sites (tertiary alicyclic amines) is 1. The van der Waals surface area contributed by atoms with E-state index >= 15 is 4.39 Å². The van der Waals surface area contributed by atoms with Crippen molar-refractivity contribution in [3.8, 4) is 5.75 Å². The Labute approximate surface area is 217 Å². The van der Waals surface area contributed by atoms with Crippen LogP contribution in [-0.2, 0) is 11.2 Å². The van der Waals surface area contributed by atoms with Crippen molar-refractivity contribution >= 4 is 16.9 Å². The lowest BCUT2D eigenvalue weighted by Crippen LogP contribution is -2.44. The summed E-state index contributed by atoms with van der Waals surface area (Å²) >= 11 is 0. The normalized spacial score (nSPS) is 16.5. The highest BCUT2D eigenvalue weighted by atomic mass is 19.2. The molecule has 0 amide bonds. The number of carbonyl (C=O) groups is 1. The molecule has 0 spiro atoms. The first-order chi connectivity index (χ1) is 18.1. The molecule has 5 nitrogen and oxygen atoms in total. The van der Waals surface area contributed by atoms with Gasteiger partial charge < -0.3 is 14.7 Å². The molecule has 1 unspecified atom stereocenters. The Bertz CT molecular complexity index is 1290. The van der Waals surface area contributed by atoms with E-state index < -0.39 is 40.8 Å². The Kier molecular flexibility index (Phi) is 8.50. The van der Waals surface area contributed by atoms with E-state index in [2.05, 4.69) is 4.98 Å². The van der Waals surface area contributed by atoms with Gasteiger partial charge in [-0.05, 0) is 94.1 Å². The number of piperidine rings is 1. The molecule has 204 valence electrons. The third-order valence-corrected chi connectivity index (χ3v) is 7.51. The zero-order valence-corrected chi connectivity index (χ0v) is 21.0. The number of pyridine rings is 1. The average Bonchev–Trinajstić information content (AvgIpc) is 2.90. The summed E-state index contributed by atoms with van der Waals surface area (Å²) in [6.07, 6.45) is 0.600. The molecular weight excluding hydrogens is 507 g/mol. The van der Waals surface area contributed by atoms with Crippen LogP contribution in [0.2, 0.25) is 0 Å². The van der Waals surface area contributed by atoms with Gasteiger partial charge in [-0.3, -0.25) is 9.78 Å². The van der Waals surface area contributed by atoms with E-state index in [1.54, 1.807) is 12.1 Å². The third-order valence-electron chi connectivity index (χ3n) is 7.51. The smallest absolute Gasteiger partial charge is 0.309 e. The highest BCUT2D eigenvalue weighted by molar-refractivity contribution is 5.84. The van der Waals surface area contributed by atoms with E-state index in [-0.39, 0.29) is 23.8 Å². The van der Waals surface area contributed by atoms with E-state index in [1.165, 1.54) is 13.2 Å². The lowest BCUT2D eigenvalue weighted by molar-refractivity contribution is -0.153. The molecule has 38 heavy (non-hydrogen) atoms. The molecule has 1 saturated heterocycles. The number of benzene rings is 2. The Morgan fingerprint density at radius 3 is 2.42 bits per heavy atom. The molecule has 0 saturated carbocycles. The Balaban J connectivity index is 1.36. The van der Waals surface area contributed by atoms with Crippen LogP contribution in [-0.4, -0.2) is 47.7 Å². The first kappa shape index (κ1) is 27.8. The predicted molar refractivity (Wildman–Crippen MR) is 132 cm³/mol. The van der Waals surface area contributed by atoms with Crippen molar-refractivity contribution < 1.29 is 36.6 Å². The zero-order valence-electron chi connectivity index (χ0n) is 21.0. The number of methoxy groups -OCH3 is 1. The summed E-state index contributed by atoms with van der Waals surface area (Å²) in [5.41, 5.74) is -0.528. The highest BCUT2D eigenvalue weighted by Gasteiger charge is 2.41. The lowest BCUT2D eigenvalue weighted by Gasteiger charge is -2.39. The fourth-order valence-electron chi connectivity index (χ4n) is 5.20. The van der Waals surface area contributed by atoms with Crippen LogP contribution in [0.3, 0.4) is 0 Å². The SMILES string of the molecule is COc1ccc2ncc(F)c(C(F)CCC3(C(=O)O)CCN(CCCc4cc(F)c(F)c(F)c4)CC3)c2c1. The number of halogens is 5. The molecule has 1 atom stereocenters. The van der Waals surface area contributed by atoms with E-state index in [9.17, 15) is 27.5 Å². The van der Waals surface area contributed by atoms with E-state index in [0.29, 0.717) is 62.1 Å². The average molecular weight is 537 g/mol. The Hall–Kier alpha value is -3.27. The number of carboxylic acids is 1. The summed E-state index contributed by atoms with van der Waals surface area (Å²) in [5.74, 6) is -5.32. The molecule has 2 heterocycles. The summed E-state index contributed by atoms with van der Waals surface area (Å²) < 4.78 is 75.2. The van der Waals surface area contributed by atoms with Gasteiger partial charge in [-0.2, -0.15) is 0 Å². The molecule has 1 aliphatic heterocycles. The van der Waals surface area contributed by atoms with Gasteiger partial charge in [0.05, 0.1) is 24.2 Å². The number of alkyl halides is 1. The van der Waals surface area contributed by atoms with Crippen LogP contribution in [0, 0.1) is 28.7 Å². The molecule has 1 fully saturated rings. The number of carboxylic acid groups (broad SMARTS) is 1. The van der Waals surface area contributed by atoms with Crippen molar-refractivity contribution in [3.05, 3.63) is 70.9 Å². The van der Waals surface area contributed by atoms with Crippen molar-refractivity contribution in [2.45, 2.75) is 44.7 Å². The van der Waals surface area contributed by atoms with Gasteiger partial charge >= 0.3 is 5.97 Å². The summed E-state index contributed by atoms with van der Waals surface area (Å²) in [4.78, 5) is 18.3. The second-order valence-corrected chi connectivity index (χ2v) is 9.81. The van der Waals surface area contributed by atoms with E-state index in [1.807, 2.05) is 4.90 Å². The molecule has 2 aromatic carbocycles. The number of nitrogens with zero attached hydrogens (tertiary/aromatic N) is 2. The van der Waals surface area contributed by atoms with Gasteiger partial charge in [-0.25, -0.2) is 22.0 Å². The second kappa shape index (κ2) is 11.6. The largest absolute Gasteiger partial charge is 0.497 e. The summed E-state index contributed by atoms with van der Waals surface area (Å²) in [6.45, 7) is 1.48. The minimum Gasteiger partial charge on any atom is -0.497 e. The van der Waals surface area contributed by atoms with Crippen LogP contribution < -0.4 is 4.74 Å². The van der Waals surface area contributed by atoms with Crippen molar-refractivity contribution in [2.24, 2.45) is 5.41 Å². The first-order valence-corrected chi connectivity index (χ1v) is 12.5. The quantitative estimate of drug-likeness (QED) is 0.240. The fraction of sp³-hybridized carbons (Fsp3) is 0.429. The summed E-state index contributed by atoms with van der Waals surface area (Å²) in [7, 11) is 1.45. The van der Waals surface area contributed by atoms with E-state index in [4.69, 9.17) is 4.74 Å². The lowest BCUT2D eigenvalue weighted by atomic mass is 9.74. The number of fused-ring (bicyclic) bond motifs is 1. The van der Waals surface area contributed by atoms with Crippen LogP contribution in [0.15, 0.2) is 36.5 Å². The summed E-state index contributed by atoms with van der Waals surface area (Å²) in [6, 6.07) is 6.73. The van der Waals surface area contributed by atoms with E-state index in [0.717, 1.165) is 18.3 Å². The van der Waals surface area contributed by atoms with Crippen LogP contribution in [0.1, 0.15) is 49.4 Å². The van der Waals surface area contributed by atoms with Crippen LogP contribution in [0.4, 0.5) is 22.0 Å². The van der Waals surface area contributed by atoms with Crippen LogP contribution >= 0.6 is 0 Å². The maximum atomic E-state index is 15.4. The molecule has 1 N–H and O–H groups in total. The molecule has 0 radical (unpaired) electrons. The van der Waals surface area contributed by atoms with Gasteiger partial charge in [0.25, 0.3) is 0 Å². The van der Waals surface area contributed by atoms with Gasteiger partial charge in [-0.15, -0.1) is 0 Å². The molecule has 1 aromatic heterocycles. The van der Waals surface area contributed by atoms with Gasteiger partial charge in [0.2, 0.25) is 0 Å². The summed E-state index contributed by atoms with van der Waals surface area (Å²) in [5, 5.41) is 10.3. The molecule has 4 rings (SSSR count). The van der Waals surface area contributed by atoms with Crippen LogP contribution in [0.25, 0.3) is 10.9 Å². The van der Waals surface area contributed by atoms with Crippen molar-refractivity contribution in [1.29, 1.82) is 0 Å². The first-order valence-electron chi connectivity index (χ1n) is 12.5. The third kappa shape index (κ3) is 5.90. The number of hydrogen-bond donors (Lipinski definition) is 1. The van der Waals surface area contributed by atoms with Gasteiger partial charge in [0.1, 0.15) is 17.7 Å². The second-order valence-electron chi connectivity index (χ2n) is 9.81. The van der Waals surface area contributed by atoms with Crippen molar-refractivity contribution in [1.82, 2.24) is 9.88 Å². The number of aryl methyl sites for hydroxylation is 1. The number of aromatic nitrogens is 1. The number of ether oxygens (including phenoxy) is 1. The zero-order chi connectivity index (χ0) is 27.4. The number of rotatable bonds is 10. The Morgan fingerprint density at radius 1 is 1.11 bits per heavy atom. The predicted octanol–water partition coefficient (Wildman–Crippen LogP) is 6.39. The minimum absolute atomic E-state index is 0.0404. The number of hydrogen-bond acceptors (Lipinski definition) is 4. The Morgan fingerprint density at radius 2 is 1.79 bits per heavy atom. The fourth-order valence-corrected chi connectivity index (χ4v) is 5.20. The monoisotopic (exact) mass is 536 g/mol. The molecule has 0 aliphatic carbocycles. The molecule has 10 heteroatoms.